The Balaban J connectivity index is 1.60. The fourth-order valence-corrected chi connectivity index (χ4v) is 5.97. The minimum atomic E-state index is -0.248. The summed E-state index contributed by atoms with van der Waals surface area (Å²) in [6, 6.07) is 5.16. The van der Waals surface area contributed by atoms with Crippen LogP contribution >= 0.6 is 23.2 Å². The molecule has 2 N–H and O–H groups in total. The van der Waals surface area contributed by atoms with Crippen LogP contribution in [-0.4, -0.2) is 81.7 Å². The van der Waals surface area contributed by atoms with Crippen molar-refractivity contribution in [3.8, 4) is 22.8 Å². The number of piperidine rings is 1. The molecule has 10 nitrogen and oxygen atoms in total. The van der Waals surface area contributed by atoms with Crippen LogP contribution in [0.25, 0.3) is 22.0 Å². The SMILES string of the molecule is C=CC(=O)N[C@H]1COC[C@H]1Nc1cc2c(N3CCCC(OC)C3)nc(-c3c(Cl)c(OC)cc(OC)c3Cl)cc2cn1. The van der Waals surface area contributed by atoms with Gasteiger partial charge >= 0.3 is 0 Å². The molecule has 1 aromatic carbocycles. The van der Waals surface area contributed by atoms with Gasteiger partial charge in [0.2, 0.25) is 5.91 Å². The maximum atomic E-state index is 11.9. The van der Waals surface area contributed by atoms with Gasteiger partial charge in [-0.3, -0.25) is 4.79 Å². The van der Waals surface area contributed by atoms with Gasteiger partial charge in [-0.15, -0.1) is 0 Å². The van der Waals surface area contributed by atoms with Gasteiger partial charge in [0.15, 0.2) is 0 Å². The van der Waals surface area contributed by atoms with Crippen molar-refractivity contribution in [3.63, 3.8) is 0 Å². The molecule has 1 amide bonds. The number of anilines is 2. The van der Waals surface area contributed by atoms with E-state index in [4.69, 9.17) is 47.1 Å². The van der Waals surface area contributed by atoms with E-state index in [9.17, 15) is 4.79 Å². The first-order valence-electron chi connectivity index (χ1n) is 13.3. The molecule has 0 aliphatic carbocycles. The van der Waals surface area contributed by atoms with Crippen LogP contribution in [0.15, 0.2) is 37.1 Å². The van der Waals surface area contributed by atoms with E-state index in [-0.39, 0.29) is 24.1 Å². The molecular formula is C29H33Cl2N5O5. The molecule has 2 aliphatic rings. The fraction of sp³-hybridized carbons (Fsp3) is 0.414. The third kappa shape index (κ3) is 6.01. The highest BCUT2D eigenvalue weighted by Crippen LogP contribution is 2.46. The predicted molar refractivity (Wildman–Crippen MR) is 161 cm³/mol. The Hall–Kier alpha value is -3.31. The molecule has 3 aromatic rings. The topological polar surface area (TPSA) is 107 Å². The Morgan fingerprint density at radius 3 is 2.54 bits per heavy atom. The van der Waals surface area contributed by atoms with Crippen molar-refractivity contribution in [2.45, 2.75) is 31.0 Å². The lowest BCUT2D eigenvalue weighted by Crippen LogP contribution is -2.45. The number of carbonyl (C=O) groups excluding carboxylic acids is 1. The molecule has 2 aromatic heterocycles. The first-order valence-corrected chi connectivity index (χ1v) is 14.1. The van der Waals surface area contributed by atoms with E-state index in [1.165, 1.54) is 20.3 Å². The normalized spacial score (nSPS) is 20.6. The summed E-state index contributed by atoms with van der Waals surface area (Å²) in [6.45, 7) is 5.86. The van der Waals surface area contributed by atoms with Crippen LogP contribution in [0.2, 0.25) is 10.0 Å². The van der Waals surface area contributed by atoms with E-state index in [0.717, 1.165) is 36.0 Å². The third-order valence-corrected chi connectivity index (χ3v) is 8.21. The number of nitrogens with one attached hydrogen (secondary N) is 2. The van der Waals surface area contributed by atoms with Crippen molar-refractivity contribution in [1.82, 2.24) is 15.3 Å². The number of aromatic nitrogens is 2. The second kappa shape index (κ2) is 12.7. The predicted octanol–water partition coefficient (Wildman–Crippen LogP) is 4.72. The molecule has 12 heteroatoms. The minimum absolute atomic E-state index is 0.0812. The smallest absolute Gasteiger partial charge is 0.243 e. The molecule has 2 saturated heterocycles. The third-order valence-electron chi connectivity index (χ3n) is 7.46. The standard InChI is InChI=1S/C29H33Cl2N5O5/c1-5-25(37)34-21-15-41-14-20(21)33-24-10-18-16(12-32-24)9-19(35-29(18)36-8-6-7-17(13-36)38-2)26-27(30)22(39-3)11-23(40-4)28(26)31/h5,9-12,17,20-21H,1,6-8,13-15H2,2-4H3,(H,32,33)(H,34,37)/t17?,20-,21+/m1/s1. The van der Waals surface area contributed by atoms with Gasteiger partial charge < -0.3 is 34.5 Å². The Bertz CT molecular complexity index is 1430. The van der Waals surface area contributed by atoms with Crippen molar-refractivity contribution in [2.75, 3.05) is 57.8 Å². The molecule has 2 fully saturated rings. The van der Waals surface area contributed by atoms with Crippen LogP contribution in [0.5, 0.6) is 11.5 Å². The summed E-state index contributed by atoms with van der Waals surface area (Å²) in [4.78, 5) is 23.9. The Morgan fingerprint density at radius 1 is 1.12 bits per heavy atom. The number of halogens is 2. The number of methoxy groups -OCH3 is 3. The summed E-state index contributed by atoms with van der Waals surface area (Å²) in [5, 5.41) is 8.76. The number of fused-ring (bicyclic) bond motifs is 1. The summed E-state index contributed by atoms with van der Waals surface area (Å²) in [6.07, 6.45) is 5.06. The molecule has 0 spiro atoms. The summed E-state index contributed by atoms with van der Waals surface area (Å²) in [5.74, 6) is 2.01. The van der Waals surface area contributed by atoms with Gasteiger partial charge in [0.05, 0.1) is 61.4 Å². The van der Waals surface area contributed by atoms with Gasteiger partial charge in [-0.1, -0.05) is 29.8 Å². The molecule has 2 aliphatic heterocycles. The summed E-state index contributed by atoms with van der Waals surface area (Å²) >= 11 is 13.6. The van der Waals surface area contributed by atoms with Gasteiger partial charge in [0, 0.05) is 48.8 Å². The Labute approximate surface area is 248 Å². The lowest BCUT2D eigenvalue weighted by molar-refractivity contribution is -0.117. The zero-order valence-corrected chi connectivity index (χ0v) is 24.7. The molecule has 0 saturated carbocycles. The molecule has 0 bridgehead atoms. The van der Waals surface area contributed by atoms with E-state index in [1.807, 2.05) is 12.1 Å². The van der Waals surface area contributed by atoms with E-state index in [1.54, 1.807) is 19.4 Å². The number of benzene rings is 1. The highest BCUT2D eigenvalue weighted by molar-refractivity contribution is 6.41. The van der Waals surface area contributed by atoms with E-state index in [2.05, 4.69) is 27.1 Å². The second-order valence-electron chi connectivity index (χ2n) is 9.96. The molecular weight excluding hydrogens is 569 g/mol. The van der Waals surface area contributed by atoms with Gasteiger partial charge in [-0.05, 0) is 31.1 Å². The van der Waals surface area contributed by atoms with Crippen LogP contribution in [0.3, 0.4) is 0 Å². The van der Waals surface area contributed by atoms with Crippen LogP contribution in [0.1, 0.15) is 12.8 Å². The van der Waals surface area contributed by atoms with E-state index >= 15 is 0 Å². The maximum absolute atomic E-state index is 11.9. The van der Waals surface area contributed by atoms with E-state index < -0.39 is 0 Å². The van der Waals surface area contributed by atoms with Crippen molar-refractivity contribution in [2.24, 2.45) is 0 Å². The molecule has 0 radical (unpaired) electrons. The zero-order chi connectivity index (χ0) is 29.1. The lowest BCUT2D eigenvalue weighted by Gasteiger charge is -2.34. The van der Waals surface area contributed by atoms with Crippen molar-refractivity contribution in [1.29, 1.82) is 0 Å². The number of amides is 1. The number of hydrogen-bond donors (Lipinski definition) is 2. The number of carbonyl (C=O) groups is 1. The largest absolute Gasteiger partial charge is 0.495 e. The maximum Gasteiger partial charge on any atom is 0.243 e. The average Bonchev–Trinajstić information content (AvgIpc) is 3.42. The minimum Gasteiger partial charge on any atom is -0.495 e. The van der Waals surface area contributed by atoms with Gasteiger partial charge in [-0.2, -0.15) is 0 Å². The molecule has 3 atom stereocenters. The number of pyridine rings is 2. The quantitative estimate of drug-likeness (QED) is 0.337. The van der Waals surface area contributed by atoms with Crippen LogP contribution in [0, 0.1) is 0 Å². The summed E-state index contributed by atoms with van der Waals surface area (Å²) < 4.78 is 22.3. The highest BCUT2D eigenvalue weighted by Gasteiger charge is 2.30. The molecule has 41 heavy (non-hydrogen) atoms. The van der Waals surface area contributed by atoms with Crippen molar-refractivity contribution < 1.29 is 23.7 Å². The zero-order valence-electron chi connectivity index (χ0n) is 23.2. The first kappa shape index (κ1) is 29.2. The fourth-order valence-electron chi connectivity index (χ4n) is 5.28. The number of hydrogen-bond acceptors (Lipinski definition) is 9. The second-order valence-corrected chi connectivity index (χ2v) is 10.7. The highest BCUT2D eigenvalue weighted by atomic mass is 35.5. The average molecular weight is 603 g/mol. The summed E-state index contributed by atoms with van der Waals surface area (Å²) in [5.41, 5.74) is 1.08. The van der Waals surface area contributed by atoms with Crippen LogP contribution in [0.4, 0.5) is 11.6 Å². The molecule has 5 rings (SSSR count). The van der Waals surface area contributed by atoms with Crippen molar-refractivity contribution in [3.05, 3.63) is 47.1 Å². The van der Waals surface area contributed by atoms with Crippen molar-refractivity contribution >= 4 is 51.5 Å². The Morgan fingerprint density at radius 2 is 1.85 bits per heavy atom. The van der Waals surface area contributed by atoms with Crippen LogP contribution in [-0.2, 0) is 14.3 Å². The Kier molecular flexibility index (Phi) is 9.03. The molecule has 218 valence electrons. The number of nitrogens with zero attached hydrogens (tertiary/aromatic N) is 3. The van der Waals surface area contributed by atoms with Gasteiger partial charge in [0.25, 0.3) is 0 Å². The number of rotatable bonds is 9. The van der Waals surface area contributed by atoms with Gasteiger partial charge in [0.1, 0.15) is 23.1 Å². The van der Waals surface area contributed by atoms with Crippen LogP contribution < -0.4 is 25.0 Å². The van der Waals surface area contributed by atoms with E-state index in [0.29, 0.717) is 58.4 Å². The number of ether oxygens (including phenoxy) is 4. The monoisotopic (exact) mass is 601 g/mol. The van der Waals surface area contributed by atoms with Gasteiger partial charge in [-0.25, -0.2) is 9.97 Å². The summed E-state index contributed by atoms with van der Waals surface area (Å²) in [7, 11) is 4.81. The molecule has 1 unspecified atom stereocenters. The first-order chi connectivity index (χ1) is 19.9. The molecule has 4 heterocycles. The lowest BCUT2D eigenvalue weighted by atomic mass is 10.0.